The molecule has 0 unspecified atom stereocenters. The lowest BCUT2D eigenvalue weighted by atomic mass is 10.1. The minimum atomic E-state index is -0.652. The van der Waals surface area contributed by atoms with E-state index in [1.807, 2.05) is 6.92 Å². The number of aryl methyl sites for hydroxylation is 1. The van der Waals surface area contributed by atoms with Crippen molar-refractivity contribution in [3.05, 3.63) is 52.5 Å². The van der Waals surface area contributed by atoms with Gasteiger partial charge in [-0.2, -0.15) is 0 Å². The van der Waals surface area contributed by atoms with Gasteiger partial charge in [-0.1, -0.05) is 11.6 Å². The number of rotatable bonds is 9. The fourth-order valence-electron chi connectivity index (χ4n) is 2.64. The lowest BCUT2D eigenvalue weighted by Crippen LogP contribution is -2.32. The van der Waals surface area contributed by atoms with Gasteiger partial charge < -0.3 is 24.3 Å². The first-order chi connectivity index (χ1) is 13.8. The van der Waals surface area contributed by atoms with Crippen LogP contribution >= 0.6 is 11.6 Å². The molecule has 0 bridgehead atoms. The van der Waals surface area contributed by atoms with E-state index in [1.54, 1.807) is 57.5 Å². The molecule has 7 nitrogen and oxygen atoms in total. The third-order valence-corrected chi connectivity index (χ3v) is 4.36. The van der Waals surface area contributed by atoms with Gasteiger partial charge in [-0.05, 0) is 55.8 Å². The molecule has 29 heavy (non-hydrogen) atoms. The summed E-state index contributed by atoms with van der Waals surface area (Å²) in [4.78, 5) is 24.0. The summed E-state index contributed by atoms with van der Waals surface area (Å²) >= 11 is 5.88. The molecule has 0 aromatic heterocycles. The molecule has 8 heteroatoms. The Balaban J connectivity index is 1.83. The van der Waals surface area contributed by atoms with E-state index in [4.69, 9.17) is 30.5 Å². The molecule has 1 amide bonds. The van der Waals surface area contributed by atoms with E-state index in [1.165, 1.54) is 0 Å². The SMILES string of the molecule is COc1ccc(OC)c([C@@H](C)NC(=O)COC(=O)COc2ccc(Cl)cc2C)c1. The summed E-state index contributed by atoms with van der Waals surface area (Å²) in [6.45, 7) is 2.88. The van der Waals surface area contributed by atoms with E-state index in [-0.39, 0.29) is 12.6 Å². The van der Waals surface area contributed by atoms with Crippen LogP contribution in [0.15, 0.2) is 36.4 Å². The highest BCUT2D eigenvalue weighted by Crippen LogP contribution is 2.29. The molecular formula is C21H24ClNO6. The van der Waals surface area contributed by atoms with Crippen molar-refractivity contribution in [1.29, 1.82) is 0 Å². The number of esters is 1. The Morgan fingerprint density at radius 2 is 1.76 bits per heavy atom. The van der Waals surface area contributed by atoms with Gasteiger partial charge in [0.2, 0.25) is 0 Å². The molecule has 0 radical (unpaired) electrons. The number of amides is 1. The topological polar surface area (TPSA) is 83.1 Å². The van der Waals surface area contributed by atoms with Gasteiger partial charge in [0, 0.05) is 10.6 Å². The Morgan fingerprint density at radius 1 is 1.03 bits per heavy atom. The van der Waals surface area contributed by atoms with Crippen LogP contribution in [-0.2, 0) is 14.3 Å². The molecule has 0 aliphatic carbocycles. The Morgan fingerprint density at radius 3 is 2.41 bits per heavy atom. The van der Waals surface area contributed by atoms with Gasteiger partial charge in [-0.15, -0.1) is 0 Å². The molecule has 0 heterocycles. The van der Waals surface area contributed by atoms with Crippen molar-refractivity contribution in [2.24, 2.45) is 0 Å². The number of halogens is 1. The van der Waals surface area contributed by atoms with Crippen LogP contribution in [0.5, 0.6) is 17.2 Å². The highest BCUT2D eigenvalue weighted by Gasteiger charge is 2.16. The number of hydrogen-bond acceptors (Lipinski definition) is 6. The highest BCUT2D eigenvalue weighted by molar-refractivity contribution is 6.30. The Labute approximate surface area is 174 Å². The fourth-order valence-corrected chi connectivity index (χ4v) is 2.86. The molecule has 0 aliphatic rings. The summed E-state index contributed by atoms with van der Waals surface area (Å²) in [6.07, 6.45) is 0. The molecule has 0 spiro atoms. The first kappa shape index (κ1) is 22.4. The minimum Gasteiger partial charge on any atom is -0.497 e. The summed E-state index contributed by atoms with van der Waals surface area (Å²) in [5.41, 5.74) is 1.54. The number of ether oxygens (including phenoxy) is 4. The van der Waals surface area contributed by atoms with Gasteiger partial charge in [0.15, 0.2) is 13.2 Å². The maximum Gasteiger partial charge on any atom is 0.344 e. The van der Waals surface area contributed by atoms with Crippen molar-refractivity contribution in [3.63, 3.8) is 0 Å². The number of hydrogen-bond donors (Lipinski definition) is 1. The van der Waals surface area contributed by atoms with Crippen molar-refractivity contribution >= 4 is 23.5 Å². The number of methoxy groups -OCH3 is 2. The van der Waals surface area contributed by atoms with Gasteiger partial charge in [0.1, 0.15) is 17.2 Å². The fraction of sp³-hybridized carbons (Fsp3) is 0.333. The van der Waals surface area contributed by atoms with Gasteiger partial charge in [0.25, 0.3) is 5.91 Å². The first-order valence-electron chi connectivity index (χ1n) is 8.90. The number of carbonyl (C=O) groups is 2. The van der Waals surface area contributed by atoms with Crippen LogP contribution in [0.4, 0.5) is 0 Å². The highest BCUT2D eigenvalue weighted by atomic mass is 35.5. The predicted molar refractivity (Wildman–Crippen MR) is 109 cm³/mol. The Bertz CT molecular complexity index is 870. The average Bonchev–Trinajstić information content (AvgIpc) is 2.71. The summed E-state index contributed by atoms with van der Waals surface area (Å²) in [5, 5.41) is 3.34. The molecule has 2 aromatic rings. The second kappa shape index (κ2) is 10.6. The van der Waals surface area contributed by atoms with Crippen LogP contribution in [0, 0.1) is 6.92 Å². The maximum atomic E-state index is 12.1. The second-order valence-electron chi connectivity index (χ2n) is 6.26. The molecular weight excluding hydrogens is 398 g/mol. The summed E-state index contributed by atoms with van der Waals surface area (Å²) in [5.74, 6) is 0.680. The lowest BCUT2D eigenvalue weighted by molar-refractivity contribution is -0.150. The summed E-state index contributed by atoms with van der Waals surface area (Å²) in [6, 6.07) is 9.98. The van der Waals surface area contributed by atoms with E-state index in [0.29, 0.717) is 22.3 Å². The summed E-state index contributed by atoms with van der Waals surface area (Å²) in [7, 11) is 3.10. The lowest BCUT2D eigenvalue weighted by Gasteiger charge is -2.18. The van der Waals surface area contributed by atoms with E-state index < -0.39 is 18.5 Å². The normalized spacial score (nSPS) is 11.3. The van der Waals surface area contributed by atoms with Gasteiger partial charge in [-0.3, -0.25) is 4.79 Å². The number of carbonyl (C=O) groups excluding carboxylic acids is 2. The monoisotopic (exact) mass is 421 g/mol. The molecule has 0 saturated heterocycles. The zero-order valence-electron chi connectivity index (χ0n) is 16.8. The standard InChI is InChI=1S/C21H24ClNO6/c1-13-9-15(22)5-7-18(13)28-12-21(25)29-11-20(24)23-14(2)17-10-16(26-3)6-8-19(17)27-4/h5-10,14H,11-12H2,1-4H3,(H,23,24)/t14-/m1/s1. The predicted octanol–water partition coefficient (Wildman–Crippen LogP) is 3.47. The van der Waals surface area contributed by atoms with Crippen LogP contribution in [0.25, 0.3) is 0 Å². The molecule has 0 aliphatic heterocycles. The Hall–Kier alpha value is -2.93. The van der Waals surface area contributed by atoms with Crippen molar-refractivity contribution in [1.82, 2.24) is 5.32 Å². The van der Waals surface area contributed by atoms with Gasteiger partial charge in [0.05, 0.1) is 20.3 Å². The number of benzene rings is 2. The average molecular weight is 422 g/mol. The van der Waals surface area contributed by atoms with Crippen LogP contribution in [0.3, 0.4) is 0 Å². The molecule has 0 saturated carbocycles. The quantitative estimate of drug-likeness (QED) is 0.624. The van der Waals surface area contributed by atoms with Crippen LogP contribution < -0.4 is 19.5 Å². The zero-order chi connectivity index (χ0) is 21.4. The third-order valence-electron chi connectivity index (χ3n) is 4.13. The van der Waals surface area contributed by atoms with Gasteiger partial charge in [-0.25, -0.2) is 4.79 Å². The van der Waals surface area contributed by atoms with Crippen molar-refractivity contribution in [3.8, 4) is 17.2 Å². The summed E-state index contributed by atoms with van der Waals surface area (Å²) < 4.78 is 20.9. The first-order valence-corrected chi connectivity index (χ1v) is 9.27. The molecule has 2 aromatic carbocycles. The third kappa shape index (κ3) is 6.57. The van der Waals surface area contributed by atoms with Crippen molar-refractivity contribution in [2.75, 3.05) is 27.4 Å². The van der Waals surface area contributed by atoms with Gasteiger partial charge >= 0.3 is 5.97 Å². The van der Waals surface area contributed by atoms with E-state index in [9.17, 15) is 9.59 Å². The maximum absolute atomic E-state index is 12.1. The van der Waals surface area contributed by atoms with Crippen molar-refractivity contribution in [2.45, 2.75) is 19.9 Å². The molecule has 156 valence electrons. The van der Waals surface area contributed by atoms with Crippen LogP contribution in [0.2, 0.25) is 5.02 Å². The zero-order valence-corrected chi connectivity index (χ0v) is 17.5. The smallest absolute Gasteiger partial charge is 0.344 e. The minimum absolute atomic E-state index is 0.311. The molecule has 1 atom stereocenters. The van der Waals surface area contributed by atoms with E-state index in [0.717, 1.165) is 11.1 Å². The van der Waals surface area contributed by atoms with Crippen LogP contribution in [-0.4, -0.2) is 39.3 Å². The number of nitrogens with one attached hydrogen (secondary N) is 1. The van der Waals surface area contributed by atoms with Crippen LogP contribution in [0.1, 0.15) is 24.1 Å². The largest absolute Gasteiger partial charge is 0.497 e. The second-order valence-corrected chi connectivity index (χ2v) is 6.69. The van der Waals surface area contributed by atoms with Crippen molar-refractivity contribution < 1.29 is 28.5 Å². The Kier molecular flexibility index (Phi) is 8.15. The molecule has 0 fully saturated rings. The molecule has 2 rings (SSSR count). The molecule has 1 N–H and O–H groups in total. The van der Waals surface area contributed by atoms with E-state index >= 15 is 0 Å². The van der Waals surface area contributed by atoms with E-state index in [2.05, 4.69) is 5.32 Å².